The van der Waals surface area contributed by atoms with Crippen molar-refractivity contribution in [3.63, 3.8) is 0 Å². The number of rotatable bonds is 6. The lowest BCUT2D eigenvalue weighted by Gasteiger charge is -2.34. The number of fused-ring (bicyclic) bond motifs is 1. The van der Waals surface area contributed by atoms with Crippen molar-refractivity contribution in [2.45, 2.75) is 19.6 Å². The Morgan fingerprint density at radius 1 is 0.677 bits per heavy atom. The van der Waals surface area contributed by atoms with E-state index in [1.54, 1.807) is 12.1 Å². The molecule has 5 rings (SSSR count). The van der Waals surface area contributed by atoms with E-state index in [-0.39, 0.29) is 5.82 Å². The maximum atomic E-state index is 14.0. The Morgan fingerprint density at radius 2 is 1.32 bits per heavy atom. The summed E-state index contributed by atoms with van der Waals surface area (Å²) >= 11 is 0. The summed E-state index contributed by atoms with van der Waals surface area (Å²) in [5, 5.41) is 0. The van der Waals surface area contributed by atoms with Crippen molar-refractivity contribution >= 4 is 11.0 Å². The predicted octanol–water partition coefficient (Wildman–Crippen LogP) is 4.54. The fraction of sp³-hybridized carbons (Fsp3) is 0.269. The highest BCUT2D eigenvalue weighted by Gasteiger charge is 2.20. The van der Waals surface area contributed by atoms with Gasteiger partial charge in [-0.1, -0.05) is 60.7 Å². The van der Waals surface area contributed by atoms with E-state index in [1.165, 1.54) is 11.1 Å². The van der Waals surface area contributed by atoms with Gasteiger partial charge in [0.2, 0.25) is 0 Å². The summed E-state index contributed by atoms with van der Waals surface area (Å²) in [7, 11) is 0. The van der Waals surface area contributed by atoms with Crippen molar-refractivity contribution in [2.24, 2.45) is 0 Å². The zero-order valence-electron chi connectivity index (χ0n) is 17.6. The standard InChI is InChI=1S/C26H27FN4/c27-23-11-5-4-10-22(23)19-29-14-16-30(17-15-29)20-26-28-24-12-6-7-13-25(24)31(26)18-21-8-2-1-3-9-21/h1-13H,14-20H2. The van der Waals surface area contributed by atoms with Crippen LogP contribution in [0.4, 0.5) is 4.39 Å². The van der Waals surface area contributed by atoms with E-state index in [0.717, 1.165) is 56.2 Å². The molecule has 1 aliphatic heterocycles. The maximum Gasteiger partial charge on any atom is 0.127 e. The van der Waals surface area contributed by atoms with Crippen molar-refractivity contribution in [1.29, 1.82) is 0 Å². The monoisotopic (exact) mass is 414 g/mol. The van der Waals surface area contributed by atoms with Gasteiger partial charge in [0, 0.05) is 44.8 Å². The third kappa shape index (κ3) is 4.53. The van der Waals surface area contributed by atoms with Gasteiger partial charge in [0.15, 0.2) is 0 Å². The van der Waals surface area contributed by atoms with Crippen LogP contribution in [0.25, 0.3) is 11.0 Å². The smallest absolute Gasteiger partial charge is 0.127 e. The zero-order chi connectivity index (χ0) is 21.0. The summed E-state index contributed by atoms with van der Waals surface area (Å²) in [6, 6.07) is 26.0. The lowest BCUT2D eigenvalue weighted by atomic mass is 10.2. The number of aromatic nitrogens is 2. The highest BCUT2D eigenvalue weighted by molar-refractivity contribution is 5.76. The van der Waals surface area contributed by atoms with Crippen LogP contribution in [-0.4, -0.2) is 45.5 Å². The molecule has 4 nitrogen and oxygen atoms in total. The van der Waals surface area contributed by atoms with Crippen LogP contribution in [0.2, 0.25) is 0 Å². The Labute approximate surface area is 182 Å². The number of piperazine rings is 1. The van der Waals surface area contributed by atoms with Crippen LogP contribution >= 0.6 is 0 Å². The van der Waals surface area contributed by atoms with Crippen molar-refractivity contribution in [2.75, 3.05) is 26.2 Å². The molecule has 0 saturated carbocycles. The van der Waals surface area contributed by atoms with Crippen LogP contribution in [0, 0.1) is 5.82 Å². The van der Waals surface area contributed by atoms with Gasteiger partial charge in [0.1, 0.15) is 11.6 Å². The fourth-order valence-electron chi connectivity index (χ4n) is 4.36. The first kappa shape index (κ1) is 19.9. The summed E-state index contributed by atoms with van der Waals surface area (Å²) in [4.78, 5) is 9.75. The molecule has 0 atom stereocenters. The molecule has 3 aromatic carbocycles. The molecule has 0 N–H and O–H groups in total. The minimum Gasteiger partial charge on any atom is -0.322 e. The fourth-order valence-corrected chi connectivity index (χ4v) is 4.36. The van der Waals surface area contributed by atoms with E-state index in [2.05, 4.69) is 62.9 Å². The summed E-state index contributed by atoms with van der Waals surface area (Å²) < 4.78 is 16.3. The quantitative estimate of drug-likeness (QED) is 0.463. The largest absolute Gasteiger partial charge is 0.322 e. The van der Waals surface area contributed by atoms with Gasteiger partial charge < -0.3 is 4.57 Å². The summed E-state index contributed by atoms with van der Waals surface area (Å²) in [5.74, 6) is 0.993. The highest BCUT2D eigenvalue weighted by atomic mass is 19.1. The minimum atomic E-state index is -0.112. The van der Waals surface area contributed by atoms with Crippen LogP contribution in [0.5, 0.6) is 0 Å². The van der Waals surface area contributed by atoms with Gasteiger partial charge >= 0.3 is 0 Å². The molecule has 0 radical (unpaired) electrons. The Balaban J connectivity index is 1.29. The van der Waals surface area contributed by atoms with Gasteiger partial charge in [0.05, 0.1) is 17.6 Å². The van der Waals surface area contributed by atoms with Gasteiger partial charge in [0.25, 0.3) is 0 Å². The molecule has 31 heavy (non-hydrogen) atoms. The second-order valence-corrected chi connectivity index (χ2v) is 8.23. The number of hydrogen-bond acceptors (Lipinski definition) is 3. The topological polar surface area (TPSA) is 24.3 Å². The van der Waals surface area contributed by atoms with Crippen molar-refractivity contribution < 1.29 is 4.39 Å². The average Bonchev–Trinajstić information content (AvgIpc) is 3.14. The van der Waals surface area contributed by atoms with E-state index in [0.29, 0.717) is 6.54 Å². The van der Waals surface area contributed by atoms with E-state index in [9.17, 15) is 4.39 Å². The molecule has 0 aliphatic carbocycles. The molecule has 1 saturated heterocycles. The third-order valence-electron chi connectivity index (χ3n) is 6.10. The number of hydrogen-bond donors (Lipinski definition) is 0. The SMILES string of the molecule is Fc1ccccc1CN1CCN(Cc2nc3ccccc3n2Cc2ccccc2)CC1. The van der Waals surface area contributed by atoms with Crippen molar-refractivity contribution in [1.82, 2.24) is 19.4 Å². The lowest BCUT2D eigenvalue weighted by molar-refractivity contribution is 0.118. The predicted molar refractivity (Wildman–Crippen MR) is 122 cm³/mol. The number of imidazole rings is 1. The number of benzene rings is 3. The summed E-state index contributed by atoms with van der Waals surface area (Å²) in [6.07, 6.45) is 0. The molecule has 2 heterocycles. The molecule has 0 bridgehead atoms. The number of nitrogens with zero attached hydrogens (tertiary/aromatic N) is 4. The van der Waals surface area contributed by atoms with Gasteiger partial charge in [-0.3, -0.25) is 9.80 Å². The second-order valence-electron chi connectivity index (χ2n) is 8.23. The number of halogens is 1. The van der Waals surface area contributed by atoms with Gasteiger partial charge in [-0.25, -0.2) is 9.37 Å². The molecule has 5 heteroatoms. The highest BCUT2D eigenvalue weighted by Crippen LogP contribution is 2.20. The Morgan fingerprint density at radius 3 is 2.10 bits per heavy atom. The summed E-state index contributed by atoms with van der Waals surface area (Å²) in [6.45, 7) is 6.12. The number of para-hydroxylation sites is 2. The van der Waals surface area contributed by atoms with E-state index >= 15 is 0 Å². The third-order valence-corrected chi connectivity index (χ3v) is 6.10. The van der Waals surface area contributed by atoms with Crippen LogP contribution in [0.3, 0.4) is 0 Å². The molecule has 0 amide bonds. The minimum absolute atomic E-state index is 0.112. The Hall–Kier alpha value is -3.02. The maximum absolute atomic E-state index is 14.0. The van der Waals surface area contributed by atoms with Gasteiger partial charge in [-0.2, -0.15) is 0 Å². The molecule has 0 unspecified atom stereocenters. The van der Waals surface area contributed by atoms with Gasteiger partial charge in [-0.05, 0) is 23.8 Å². The zero-order valence-corrected chi connectivity index (χ0v) is 17.6. The molecule has 1 aromatic heterocycles. The second kappa shape index (κ2) is 9.00. The van der Waals surface area contributed by atoms with Crippen LogP contribution in [0.15, 0.2) is 78.9 Å². The van der Waals surface area contributed by atoms with Crippen LogP contribution in [0.1, 0.15) is 17.0 Å². The normalized spacial score (nSPS) is 15.5. The van der Waals surface area contributed by atoms with Crippen molar-refractivity contribution in [3.8, 4) is 0 Å². The molecule has 4 aromatic rings. The summed E-state index contributed by atoms with van der Waals surface area (Å²) in [5.41, 5.74) is 4.29. The lowest BCUT2D eigenvalue weighted by Crippen LogP contribution is -2.45. The molecule has 158 valence electrons. The molecule has 1 aliphatic rings. The first-order valence-electron chi connectivity index (χ1n) is 10.9. The van der Waals surface area contributed by atoms with Crippen LogP contribution in [-0.2, 0) is 19.6 Å². The molecular formula is C26H27FN4. The van der Waals surface area contributed by atoms with Gasteiger partial charge in [-0.15, -0.1) is 0 Å². The van der Waals surface area contributed by atoms with Crippen LogP contribution < -0.4 is 0 Å². The average molecular weight is 415 g/mol. The Kier molecular flexibility index (Phi) is 5.78. The molecule has 0 spiro atoms. The van der Waals surface area contributed by atoms with E-state index in [1.807, 2.05) is 18.2 Å². The van der Waals surface area contributed by atoms with E-state index < -0.39 is 0 Å². The van der Waals surface area contributed by atoms with Crippen molar-refractivity contribution in [3.05, 3.63) is 102 Å². The first-order valence-corrected chi connectivity index (χ1v) is 10.9. The Bertz CT molecular complexity index is 1150. The first-order chi connectivity index (χ1) is 15.3. The van der Waals surface area contributed by atoms with E-state index in [4.69, 9.17) is 4.98 Å². The molecular weight excluding hydrogens is 387 g/mol. The molecule has 1 fully saturated rings.